The molecule has 2 heterocycles. The molecule has 3 rings (SSSR count). The quantitative estimate of drug-likeness (QED) is 0.796. The predicted molar refractivity (Wildman–Crippen MR) is 102 cm³/mol. The van der Waals surface area contributed by atoms with E-state index < -0.39 is 10.0 Å². The van der Waals surface area contributed by atoms with Crippen molar-refractivity contribution in [1.29, 1.82) is 0 Å². The fourth-order valence-electron chi connectivity index (χ4n) is 3.05. The molecular formula is C18H23N5O3S. The summed E-state index contributed by atoms with van der Waals surface area (Å²) in [5.41, 5.74) is 0.424. The lowest BCUT2D eigenvalue weighted by Gasteiger charge is -2.24. The Labute approximate surface area is 159 Å². The molecule has 2 aromatic rings. The third-order valence-electron chi connectivity index (χ3n) is 4.58. The molecule has 0 radical (unpaired) electrons. The molecule has 1 aromatic carbocycles. The average Bonchev–Trinajstić information content (AvgIpc) is 3.15. The fourth-order valence-corrected chi connectivity index (χ4v) is 3.95. The van der Waals surface area contributed by atoms with Crippen LogP contribution in [0.4, 0.5) is 5.95 Å². The zero-order valence-electron chi connectivity index (χ0n) is 15.4. The second-order valence-corrected chi connectivity index (χ2v) is 8.71. The van der Waals surface area contributed by atoms with Crippen LogP contribution in [0.2, 0.25) is 0 Å². The molecule has 1 N–H and O–H groups in total. The molecule has 0 aliphatic carbocycles. The van der Waals surface area contributed by atoms with Gasteiger partial charge >= 0.3 is 0 Å². The highest BCUT2D eigenvalue weighted by molar-refractivity contribution is 7.89. The molecule has 1 unspecified atom stereocenters. The molecule has 1 atom stereocenters. The number of benzene rings is 1. The van der Waals surface area contributed by atoms with Gasteiger partial charge in [-0.15, -0.1) is 0 Å². The summed E-state index contributed by atoms with van der Waals surface area (Å²) in [7, 11) is -0.558. The van der Waals surface area contributed by atoms with E-state index in [9.17, 15) is 13.2 Å². The molecule has 1 aliphatic rings. The van der Waals surface area contributed by atoms with Gasteiger partial charge in [-0.05, 0) is 43.2 Å². The first-order valence-electron chi connectivity index (χ1n) is 8.74. The van der Waals surface area contributed by atoms with Crippen LogP contribution >= 0.6 is 0 Å². The van der Waals surface area contributed by atoms with Crippen LogP contribution in [0, 0.1) is 0 Å². The largest absolute Gasteiger partial charge is 0.350 e. The zero-order valence-corrected chi connectivity index (χ0v) is 16.2. The van der Waals surface area contributed by atoms with Crippen LogP contribution < -0.4 is 10.2 Å². The first kappa shape index (κ1) is 19.2. The summed E-state index contributed by atoms with van der Waals surface area (Å²) in [5.74, 6) is 0.442. The molecule has 1 aromatic heterocycles. The highest BCUT2D eigenvalue weighted by Crippen LogP contribution is 2.21. The summed E-state index contributed by atoms with van der Waals surface area (Å²) >= 11 is 0. The van der Waals surface area contributed by atoms with Crippen molar-refractivity contribution in [3.05, 3.63) is 48.3 Å². The molecule has 1 aliphatic heterocycles. The third kappa shape index (κ3) is 4.25. The maximum atomic E-state index is 12.4. The van der Waals surface area contributed by atoms with Crippen LogP contribution in [0.15, 0.2) is 47.6 Å². The molecule has 27 heavy (non-hydrogen) atoms. The Morgan fingerprint density at radius 2 is 1.89 bits per heavy atom. The van der Waals surface area contributed by atoms with Crippen molar-refractivity contribution in [2.24, 2.45) is 0 Å². The van der Waals surface area contributed by atoms with Crippen molar-refractivity contribution < 1.29 is 13.2 Å². The second kappa shape index (κ2) is 8.01. The SMILES string of the molecule is CN(C)S(=O)(=O)c1ccc(C(=O)NCC2CCCN2c2ncccn2)cc1. The lowest BCUT2D eigenvalue weighted by molar-refractivity contribution is 0.0951. The number of hydrogen-bond donors (Lipinski definition) is 1. The summed E-state index contributed by atoms with van der Waals surface area (Å²) < 4.78 is 25.3. The Bertz CT molecular complexity index is 885. The lowest BCUT2D eigenvalue weighted by atomic mass is 10.2. The number of hydrogen-bond acceptors (Lipinski definition) is 6. The van der Waals surface area contributed by atoms with Gasteiger partial charge in [0.2, 0.25) is 16.0 Å². The maximum absolute atomic E-state index is 12.4. The van der Waals surface area contributed by atoms with Crippen molar-refractivity contribution in [1.82, 2.24) is 19.6 Å². The molecule has 9 heteroatoms. The van der Waals surface area contributed by atoms with Crippen molar-refractivity contribution in [2.45, 2.75) is 23.8 Å². The first-order valence-corrected chi connectivity index (χ1v) is 10.2. The van der Waals surface area contributed by atoms with E-state index in [-0.39, 0.29) is 16.8 Å². The van der Waals surface area contributed by atoms with Crippen LogP contribution in [0.3, 0.4) is 0 Å². The molecule has 8 nitrogen and oxygen atoms in total. The van der Waals surface area contributed by atoms with Crippen LogP contribution in [-0.2, 0) is 10.0 Å². The number of carbonyl (C=O) groups is 1. The molecule has 144 valence electrons. The normalized spacial score (nSPS) is 17.3. The van der Waals surface area contributed by atoms with Crippen LogP contribution in [0.25, 0.3) is 0 Å². The van der Waals surface area contributed by atoms with Crippen LogP contribution in [-0.4, -0.2) is 61.8 Å². The Balaban J connectivity index is 1.62. The van der Waals surface area contributed by atoms with Gasteiger partial charge in [0.15, 0.2) is 0 Å². The zero-order chi connectivity index (χ0) is 19.4. The van der Waals surface area contributed by atoms with E-state index in [2.05, 4.69) is 20.2 Å². The summed E-state index contributed by atoms with van der Waals surface area (Å²) in [6, 6.07) is 7.87. The highest BCUT2D eigenvalue weighted by atomic mass is 32.2. The van der Waals surface area contributed by atoms with Gasteiger partial charge in [-0.3, -0.25) is 4.79 Å². The van der Waals surface area contributed by atoms with Crippen molar-refractivity contribution in [2.75, 3.05) is 32.1 Å². The number of amides is 1. The monoisotopic (exact) mass is 389 g/mol. The van der Waals surface area contributed by atoms with E-state index in [1.165, 1.54) is 38.4 Å². The third-order valence-corrected chi connectivity index (χ3v) is 6.41. The van der Waals surface area contributed by atoms with E-state index in [4.69, 9.17) is 0 Å². The number of nitrogens with zero attached hydrogens (tertiary/aromatic N) is 4. The Morgan fingerprint density at radius 3 is 2.52 bits per heavy atom. The van der Waals surface area contributed by atoms with Gasteiger partial charge < -0.3 is 10.2 Å². The van der Waals surface area contributed by atoms with E-state index in [1.807, 2.05) is 0 Å². The first-order chi connectivity index (χ1) is 12.9. The maximum Gasteiger partial charge on any atom is 0.251 e. The van der Waals surface area contributed by atoms with Crippen LogP contribution in [0.5, 0.6) is 0 Å². The minimum absolute atomic E-state index is 0.143. The van der Waals surface area contributed by atoms with Gasteiger partial charge in [0.1, 0.15) is 0 Å². The smallest absolute Gasteiger partial charge is 0.251 e. The number of aromatic nitrogens is 2. The summed E-state index contributed by atoms with van der Waals surface area (Å²) in [5, 5.41) is 2.93. The summed E-state index contributed by atoms with van der Waals surface area (Å²) in [6.07, 6.45) is 5.40. The molecule has 0 bridgehead atoms. The van der Waals surface area contributed by atoms with Gasteiger partial charge in [-0.1, -0.05) is 0 Å². The number of rotatable bonds is 6. The van der Waals surface area contributed by atoms with Crippen molar-refractivity contribution >= 4 is 21.9 Å². The molecular weight excluding hydrogens is 366 g/mol. The van der Waals surface area contributed by atoms with E-state index in [0.29, 0.717) is 18.1 Å². The minimum Gasteiger partial charge on any atom is -0.350 e. The van der Waals surface area contributed by atoms with Crippen molar-refractivity contribution in [3.8, 4) is 0 Å². The number of sulfonamides is 1. The van der Waals surface area contributed by atoms with Crippen LogP contribution in [0.1, 0.15) is 23.2 Å². The van der Waals surface area contributed by atoms with E-state index in [1.54, 1.807) is 18.5 Å². The van der Waals surface area contributed by atoms with Gasteiger partial charge in [-0.25, -0.2) is 22.7 Å². The number of anilines is 1. The second-order valence-electron chi connectivity index (χ2n) is 6.56. The van der Waals surface area contributed by atoms with Gasteiger partial charge in [0.25, 0.3) is 5.91 Å². The summed E-state index contributed by atoms with van der Waals surface area (Å²) in [6.45, 7) is 1.34. The van der Waals surface area contributed by atoms with Gasteiger partial charge in [0.05, 0.1) is 4.90 Å². The molecule has 1 fully saturated rings. The fraction of sp³-hybridized carbons (Fsp3) is 0.389. The van der Waals surface area contributed by atoms with Gasteiger partial charge in [0, 0.05) is 51.2 Å². The average molecular weight is 389 g/mol. The topological polar surface area (TPSA) is 95.5 Å². The Kier molecular flexibility index (Phi) is 5.71. The molecule has 0 saturated carbocycles. The highest BCUT2D eigenvalue weighted by Gasteiger charge is 2.27. The van der Waals surface area contributed by atoms with Gasteiger partial charge in [-0.2, -0.15) is 0 Å². The van der Waals surface area contributed by atoms with E-state index in [0.717, 1.165) is 23.7 Å². The number of carbonyl (C=O) groups excluding carboxylic acids is 1. The molecule has 0 spiro atoms. The Hall–Kier alpha value is -2.52. The molecule has 1 saturated heterocycles. The standard InChI is InChI=1S/C18H23N5O3S/c1-22(2)27(25,26)16-8-6-14(7-9-16)17(24)21-13-15-5-3-12-23(15)18-19-10-4-11-20-18/h4,6-11,15H,3,5,12-13H2,1-2H3,(H,21,24). The number of nitrogens with one attached hydrogen (secondary N) is 1. The van der Waals surface area contributed by atoms with E-state index >= 15 is 0 Å². The summed E-state index contributed by atoms with van der Waals surface area (Å²) in [4.78, 5) is 23.3. The molecule has 1 amide bonds. The lowest BCUT2D eigenvalue weighted by Crippen LogP contribution is -2.41. The van der Waals surface area contributed by atoms with Crippen molar-refractivity contribution in [3.63, 3.8) is 0 Å². The predicted octanol–water partition coefficient (Wildman–Crippen LogP) is 1.13. The minimum atomic E-state index is -3.50. The Morgan fingerprint density at radius 1 is 1.22 bits per heavy atom.